The minimum absolute atomic E-state index is 0.629. The molecule has 0 aromatic carbocycles. The highest BCUT2D eigenvalue weighted by Crippen LogP contribution is 2.18. The zero-order chi connectivity index (χ0) is 11.4. The van der Waals surface area contributed by atoms with Crippen LogP contribution in [0.3, 0.4) is 0 Å². The normalized spacial score (nSPS) is 10.6. The molecule has 0 aliphatic rings. The zero-order valence-corrected chi connectivity index (χ0v) is 9.81. The predicted octanol–water partition coefficient (Wildman–Crippen LogP) is 0.928. The lowest BCUT2D eigenvalue weighted by Crippen LogP contribution is -2.02. The second-order valence-corrected chi connectivity index (χ2v) is 4.26. The number of hydrogen-bond acceptors (Lipinski definition) is 5. The van der Waals surface area contributed by atoms with Gasteiger partial charge < -0.3 is 5.73 Å². The van der Waals surface area contributed by atoms with E-state index in [-0.39, 0.29) is 0 Å². The van der Waals surface area contributed by atoms with E-state index in [2.05, 4.69) is 15.1 Å². The predicted molar refractivity (Wildman–Crippen MR) is 64.0 cm³/mol. The molecule has 0 spiro atoms. The largest absolute Gasteiger partial charge is 0.330 e. The molecule has 2 aromatic rings. The summed E-state index contributed by atoms with van der Waals surface area (Å²) < 4.78 is 1.79. The Morgan fingerprint density at radius 1 is 1.38 bits per heavy atom. The van der Waals surface area contributed by atoms with Crippen molar-refractivity contribution in [3.63, 3.8) is 0 Å². The summed E-state index contributed by atoms with van der Waals surface area (Å²) in [5.41, 5.74) is 7.31. The first kappa shape index (κ1) is 11.1. The number of nitrogens with two attached hydrogens (primary N) is 1. The molecule has 6 heteroatoms. The molecule has 0 bridgehead atoms. The van der Waals surface area contributed by atoms with E-state index in [1.165, 1.54) is 0 Å². The fraction of sp³-hybridized carbons (Fsp3) is 0.300. The van der Waals surface area contributed by atoms with Crippen LogP contribution in [0.2, 0.25) is 0 Å². The van der Waals surface area contributed by atoms with Gasteiger partial charge >= 0.3 is 0 Å². The fourth-order valence-electron chi connectivity index (χ4n) is 1.33. The molecule has 0 amide bonds. The second kappa shape index (κ2) is 5.09. The average Bonchev–Trinajstić information content (AvgIpc) is 2.73. The van der Waals surface area contributed by atoms with Crippen molar-refractivity contribution in [2.75, 3.05) is 12.3 Å². The highest BCUT2D eigenvalue weighted by Gasteiger charge is 2.05. The Bertz CT molecular complexity index is 468. The summed E-state index contributed by atoms with van der Waals surface area (Å²) >= 11 is 1.56. The van der Waals surface area contributed by atoms with Gasteiger partial charge in [-0.3, -0.25) is 4.68 Å². The van der Waals surface area contributed by atoms with Gasteiger partial charge in [0.2, 0.25) is 0 Å². The topological polar surface area (TPSA) is 69.6 Å². The first-order valence-corrected chi connectivity index (χ1v) is 5.94. The minimum Gasteiger partial charge on any atom is -0.330 e. The van der Waals surface area contributed by atoms with Crippen LogP contribution in [0.5, 0.6) is 0 Å². The molecule has 0 saturated carbocycles. The zero-order valence-electron chi connectivity index (χ0n) is 9.00. The molecule has 2 heterocycles. The van der Waals surface area contributed by atoms with E-state index in [0.717, 1.165) is 22.3 Å². The summed E-state index contributed by atoms with van der Waals surface area (Å²) in [4.78, 5) is 8.63. The van der Waals surface area contributed by atoms with Crippen LogP contribution in [0.15, 0.2) is 29.7 Å². The van der Waals surface area contributed by atoms with Gasteiger partial charge in [-0.15, -0.1) is 0 Å². The number of thioether (sulfide) groups is 1. The van der Waals surface area contributed by atoms with E-state index >= 15 is 0 Å². The van der Waals surface area contributed by atoms with Gasteiger partial charge in [0, 0.05) is 31.7 Å². The summed E-state index contributed by atoms with van der Waals surface area (Å²) in [5.74, 6) is 0.828. The number of rotatable bonds is 4. The molecule has 0 atom stereocenters. The van der Waals surface area contributed by atoms with E-state index in [9.17, 15) is 0 Å². The maximum absolute atomic E-state index is 5.44. The maximum Gasteiger partial charge on any atom is 0.188 e. The molecule has 5 nitrogen and oxygen atoms in total. The first-order valence-electron chi connectivity index (χ1n) is 4.95. The monoisotopic (exact) mass is 235 g/mol. The third-order valence-corrected chi connectivity index (χ3v) is 2.96. The quantitative estimate of drug-likeness (QED) is 0.630. The minimum atomic E-state index is 0.629. The average molecular weight is 235 g/mol. The number of aryl methyl sites for hydroxylation is 1. The van der Waals surface area contributed by atoms with E-state index in [0.29, 0.717) is 6.54 Å². The Labute approximate surface area is 98.1 Å². The molecule has 2 aromatic heterocycles. The Morgan fingerprint density at radius 3 is 2.94 bits per heavy atom. The van der Waals surface area contributed by atoms with Gasteiger partial charge in [0.05, 0.1) is 11.4 Å². The van der Waals surface area contributed by atoms with E-state index in [1.807, 2.05) is 19.2 Å². The van der Waals surface area contributed by atoms with Gasteiger partial charge in [0.25, 0.3) is 0 Å². The Morgan fingerprint density at radius 2 is 2.25 bits per heavy atom. The number of nitrogens with zero attached hydrogens (tertiary/aromatic N) is 4. The van der Waals surface area contributed by atoms with Gasteiger partial charge in [-0.25, -0.2) is 9.97 Å². The van der Waals surface area contributed by atoms with Crippen molar-refractivity contribution in [3.05, 3.63) is 24.5 Å². The van der Waals surface area contributed by atoms with Gasteiger partial charge in [0.15, 0.2) is 5.16 Å². The maximum atomic E-state index is 5.44. The van der Waals surface area contributed by atoms with Gasteiger partial charge in [-0.1, -0.05) is 11.8 Å². The van der Waals surface area contributed by atoms with Crippen LogP contribution >= 0.6 is 11.8 Å². The van der Waals surface area contributed by atoms with E-state index in [4.69, 9.17) is 5.73 Å². The van der Waals surface area contributed by atoms with Crippen LogP contribution in [-0.2, 0) is 7.05 Å². The standard InChI is InChI=1S/C10H13N5S/c1-15-9(3-6-13-15)8-2-5-12-10(14-8)16-7-4-11/h2-3,5-6H,4,7,11H2,1H3. The number of aromatic nitrogens is 4. The van der Waals surface area contributed by atoms with Gasteiger partial charge in [0.1, 0.15) is 0 Å². The lowest BCUT2D eigenvalue weighted by molar-refractivity contribution is 0.770. The van der Waals surface area contributed by atoms with Crippen molar-refractivity contribution in [2.24, 2.45) is 12.8 Å². The van der Waals surface area contributed by atoms with Crippen LogP contribution in [0.25, 0.3) is 11.4 Å². The fourth-order valence-corrected chi connectivity index (χ4v) is 1.93. The molecule has 84 valence electrons. The first-order chi connectivity index (χ1) is 7.81. The second-order valence-electron chi connectivity index (χ2n) is 3.20. The third kappa shape index (κ3) is 2.40. The summed E-state index contributed by atoms with van der Waals surface area (Å²) in [6, 6.07) is 3.81. The van der Waals surface area contributed by atoms with Gasteiger partial charge in [-0.2, -0.15) is 5.10 Å². The van der Waals surface area contributed by atoms with E-state index in [1.54, 1.807) is 28.8 Å². The van der Waals surface area contributed by atoms with Crippen molar-refractivity contribution in [1.82, 2.24) is 19.7 Å². The smallest absolute Gasteiger partial charge is 0.188 e. The third-order valence-electron chi connectivity index (χ3n) is 2.07. The van der Waals surface area contributed by atoms with Crippen molar-refractivity contribution in [3.8, 4) is 11.4 Å². The molecule has 0 unspecified atom stereocenters. The van der Waals surface area contributed by atoms with E-state index < -0.39 is 0 Å². The molecule has 2 rings (SSSR count). The molecule has 16 heavy (non-hydrogen) atoms. The number of hydrogen-bond donors (Lipinski definition) is 1. The molecular formula is C10H13N5S. The summed E-state index contributed by atoms with van der Waals surface area (Å²) in [7, 11) is 1.89. The van der Waals surface area contributed by atoms with Crippen LogP contribution in [-0.4, -0.2) is 32.0 Å². The summed E-state index contributed by atoms with van der Waals surface area (Å²) in [6.07, 6.45) is 3.51. The molecule has 0 saturated heterocycles. The molecule has 0 aliphatic heterocycles. The van der Waals surface area contributed by atoms with Gasteiger partial charge in [-0.05, 0) is 12.1 Å². The summed E-state index contributed by atoms with van der Waals surface area (Å²) in [6.45, 7) is 0.629. The lowest BCUT2D eigenvalue weighted by Gasteiger charge is -2.03. The van der Waals surface area contributed by atoms with Crippen LogP contribution < -0.4 is 5.73 Å². The Kier molecular flexibility index (Phi) is 3.53. The van der Waals surface area contributed by atoms with Crippen LogP contribution in [0.1, 0.15) is 0 Å². The molecule has 0 aliphatic carbocycles. The highest BCUT2D eigenvalue weighted by atomic mass is 32.2. The van der Waals surface area contributed by atoms with Crippen LogP contribution in [0.4, 0.5) is 0 Å². The molecule has 0 radical (unpaired) electrons. The highest BCUT2D eigenvalue weighted by molar-refractivity contribution is 7.99. The SMILES string of the molecule is Cn1nccc1-c1ccnc(SCCN)n1. The summed E-state index contributed by atoms with van der Waals surface area (Å²) in [5, 5.41) is 4.87. The van der Waals surface area contributed by atoms with Crippen molar-refractivity contribution < 1.29 is 0 Å². The van der Waals surface area contributed by atoms with Crippen molar-refractivity contribution >= 4 is 11.8 Å². The van der Waals surface area contributed by atoms with Crippen molar-refractivity contribution in [1.29, 1.82) is 0 Å². The molecular weight excluding hydrogens is 222 g/mol. The van der Waals surface area contributed by atoms with Crippen molar-refractivity contribution in [2.45, 2.75) is 5.16 Å². The lowest BCUT2D eigenvalue weighted by atomic mass is 10.3. The Balaban J connectivity index is 2.26. The Hall–Kier alpha value is -1.40. The van der Waals surface area contributed by atoms with Crippen LogP contribution in [0, 0.1) is 0 Å². The molecule has 0 fully saturated rings. The molecule has 2 N–H and O–H groups in total.